The van der Waals surface area contributed by atoms with Crippen LogP contribution in [0.25, 0.3) is 0 Å². The van der Waals surface area contributed by atoms with Gasteiger partial charge in [0.05, 0.1) is 6.04 Å². The number of piperazine rings is 1. The van der Waals surface area contributed by atoms with Gasteiger partial charge in [-0.3, -0.25) is 4.79 Å². The maximum Gasteiger partial charge on any atom is 0.263 e. The first-order valence-electron chi connectivity index (χ1n) is 9.19. The van der Waals surface area contributed by atoms with Gasteiger partial charge in [-0.1, -0.05) is 48.5 Å². The highest BCUT2D eigenvalue weighted by Gasteiger charge is 2.18. The van der Waals surface area contributed by atoms with E-state index in [0.29, 0.717) is 0 Å². The van der Waals surface area contributed by atoms with Crippen LogP contribution >= 0.6 is 0 Å². The number of benzene rings is 2. The van der Waals surface area contributed by atoms with Crippen molar-refractivity contribution in [2.75, 3.05) is 31.1 Å². The standard InChI is InChI=1S/C22H24N4O/c1-18(19-8-4-2-5-9-19)24-22(27)20(16-23)17-25-12-14-26(15-13-25)21-10-6-3-7-11-21/h2-11,17-18H,12-15H2,1H3,(H,24,27)/b20-17-. The minimum absolute atomic E-state index is 0.144. The van der Waals surface area contributed by atoms with E-state index in [9.17, 15) is 10.1 Å². The molecule has 0 radical (unpaired) electrons. The second-order valence-electron chi connectivity index (χ2n) is 6.62. The van der Waals surface area contributed by atoms with E-state index in [-0.39, 0.29) is 17.5 Å². The third kappa shape index (κ3) is 4.89. The molecule has 2 aromatic carbocycles. The molecule has 1 atom stereocenters. The van der Waals surface area contributed by atoms with Gasteiger partial charge < -0.3 is 15.1 Å². The maximum absolute atomic E-state index is 12.5. The van der Waals surface area contributed by atoms with Crippen LogP contribution in [0.3, 0.4) is 0 Å². The van der Waals surface area contributed by atoms with E-state index in [4.69, 9.17) is 0 Å². The number of rotatable bonds is 5. The smallest absolute Gasteiger partial charge is 0.263 e. The molecule has 5 heteroatoms. The Balaban J connectivity index is 1.58. The van der Waals surface area contributed by atoms with E-state index in [0.717, 1.165) is 31.7 Å². The van der Waals surface area contributed by atoms with Gasteiger partial charge in [-0.05, 0) is 24.6 Å². The second-order valence-corrected chi connectivity index (χ2v) is 6.62. The Labute approximate surface area is 160 Å². The van der Waals surface area contributed by atoms with E-state index in [1.165, 1.54) is 5.69 Å². The summed E-state index contributed by atoms with van der Waals surface area (Å²) in [7, 11) is 0. The van der Waals surface area contributed by atoms with Crippen LogP contribution in [0.1, 0.15) is 18.5 Å². The summed E-state index contributed by atoms with van der Waals surface area (Å²) in [5, 5.41) is 12.3. The summed E-state index contributed by atoms with van der Waals surface area (Å²) in [4.78, 5) is 16.8. The fraction of sp³-hybridized carbons (Fsp3) is 0.273. The van der Waals surface area contributed by atoms with Gasteiger partial charge in [0.2, 0.25) is 0 Å². The van der Waals surface area contributed by atoms with Crippen molar-refractivity contribution in [3.05, 3.63) is 78.0 Å². The molecular formula is C22H24N4O. The normalized spacial score (nSPS) is 15.8. The highest BCUT2D eigenvalue weighted by Crippen LogP contribution is 2.16. The largest absolute Gasteiger partial charge is 0.373 e. The molecular weight excluding hydrogens is 336 g/mol. The quantitative estimate of drug-likeness (QED) is 0.658. The highest BCUT2D eigenvalue weighted by molar-refractivity contribution is 5.97. The van der Waals surface area contributed by atoms with Crippen LogP contribution in [0.2, 0.25) is 0 Å². The van der Waals surface area contributed by atoms with Crippen LogP contribution in [0.4, 0.5) is 5.69 Å². The number of carbonyl (C=O) groups excluding carboxylic acids is 1. The Morgan fingerprint density at radius 3 is 2.22 bits per heavy atom. The molecule has 1 N–H and O–H groups in total. The first-order valence-corrected chi connectivity index (χ1v) is 9.19. The fourth-order valence-corrected chi connectivity index (χ4v) is 3.17. The number of hydrogen-bond acceptors (Lipinski definition) is 4. The van der Waals surface area contributed by atoms with Crippen LogP contribution < -0.4 is 10.2 Å². The average Bonchev–Trinajstić information content (AvgIpc) is 2.73. The van der Waals surface area contributed by atoms with Gasteiger partial charge in [-0.2, -0.15) is 5.26 Å². The average molecular weight is 360 g/mol. The lowest BCUT2D eigenvalue weighted by Crippen LogP contribution is -2.44. The Kier molecular flexibility index (Phi) is 6.11. The van der Waals surface area contributed by atoms with Crippen molar-refractivity contribution in [3.63, 3.8) is 0 Å². The molecule has 0 aromatic heterocycles. The van der Waals surface area contributed by atoms with E-state index < -0.39 is 0 Å². The lowest BCUT2D eigenvalue weighted by atomic mass is 10.1. The molecule has 0 bridgehead atoms. The second kappa shape index (κ2) is 8.91. The summed E-state index contributed by atoms with van der Waals surface area (Å²) in [5.41, 5.74) is 2.36. The predicted octanol–water partition coefficient (Wildman–Crippen LogP) is 3.09. The summed E-state index contributed by atoms with van der Waals surface area (Å²) < 4.78 is 0. The lowest BCUT2D eigenvalue weighted by Gasteiger charge is -2.35. The lowest BCUT2D eigenvalue weighted by molar-refractivity contribution is -0.117. The maximum atomic E-state index is 12.5. The molecule has 1 aliphatic rings. The van der Waals surface area contributed by atoms with Crippen molar-refractivity contribution in [1.82, 2.24) is 10.2 Å². The van der Waals surface area contributed by atoms with E-state index in [2.05, 4.69) is 22.3 Å². The zero-order valence-corrected chi connectivity index (χ0v) is 15.5. The minimum atomic E-state index is -0.334. The Morgan fingerprint density at radius 2 is 1.63 bits per heavy atom. The van der Waals surface area contributed by atoms with Crippen LogP contribution in [0.15, 0.2) is 72.4 Å². The SMILES string of the molecule is CC(NC(=O)/C(C#N)=C\N1CCN(c2ccccc2)CC1)c1ccccc1. The molecule has 1 fully saturated rings. The Hall–Kier alpha value is -3.26. The van der Waals surface area contributed by atoms with E-state index in [1.807, 2.05) is 66.4 Å². The molecule has 1 amide bonds. The number of nitrogens with one attached hydrogen (secondary N) is 1. The third-order valence-corrected chi connectivity index (χ3v) is 4.76. The molecule has 1 saturated heterocycles. The molecule has 1 unspecified atom stereocenters. The van der Waals surface area contributed by atoms with E-state index >= 15 is 0 Å². The van der Waals surface area contributed by atoms with Crippen molar-refractivity contribution < 1.29 is 4.79 Å². The van der Waals surface area contributed by atoms with Gasteiger partial charge in [0, 0.05) is 38.1 Å². The fourth-order valence-electron chi connectivity index (χ4n) is 3.17. The first kappa shape index (κ1) is 18.5. The molecule has 5 nitrogen and oxygen atoms in total. The van der Waals surface area contributed by atoms with Crippen molar-refractivity contribution in [2.45, 2.75) is 13.0 Å². The molecule has 0 spiro atoms. The van der Waals surface area contributed by atoms with Gasteiger partial charge in [-0.25, -0.2) is 0 Å². The highest BCUT2D eigenvalue weighted by atomic mass is 16.1. The van der Waals surface area contributed by atoms with Gasteiger partial charge in [0.1, 0.15) is 11.6 Å². The summed E-state index contributed by atoms with van der Waals surface area (Å²) in [5.74, 6) is -0.334. The summed E-state index contributed by atoms with van der Waals surface area (Å²) in [6.07, 6.45) is 1.69. The molecule has 27 heavy (non-hydrogen) atoms. The van der Waals surface area contributed by atoms with Crippen LogP contribution in [-0.2, 0) is 4.79 Å². The van der Waals surface area contributed by atoms with Crippen molar-refractivity contribution in [1.29, 1.82) is 5.26 Å². The molecule has 0 aliphatic carbocycles. The molecule has 1 aliphatic heterocycles. The summed E-state index contributed by atoms with van der Waals surface area (Å²) >= 11 is 0. The topological polar surface area (TPSA) is 59.4 Å². The molecule has 3 rings (SSSR count). The number of anilines is 1. The number of nitriles is 1. The van der Waals surface area contributed by atoms with Crippen LogP contribution in [0.5, 0.6) is 0 Å². The first-order chi connectivity index (χ1) is 13.2. The molecule has 0 saturated carbocycles. The Bertz CT molecular complexity index is 818. The van der Waals surface area contributed by atoms with Crippen LogP contribution in [-0.4, -0.2) is 37.0 Å². The number of carbonyl (C=O) groups is 1. The number of para-hydroxylation sites is 1. The molecule has 2 aromatic rings. The summed E-state index contributed by atoms with van der Waals surface area (Å²) in [6, 6.07) is 21.9. The van der Waals surface area contributed by atoms with E-state index in [1.54, 1.807) is 6.20 Å². The predicted molar refractivity (Wildman–Crippen MR) is 107 cm³/mol. The number of nitrogens with zero attached hydrogens (tertiary/aromatic N) is 3. The van der Waals surface area contributed by atoms with Crippen molar-refractivity contribution in [2.24, 2.45) is 0 Å². The van der Waals surface area contributed by atoms with Crippen molar-refractivity contribution in [3.8, 4) is 6.07 Å². The number of amides is 1. The third-order valence-electron chi connectivity index (χ3n) is 4.76. The van der Waals surface area contributed by atoms with Gasteiger partial charge in [0.25, 0.3) is 5.91 Å². The zero-order valence-electron chi connectivity index (χ0n) is 15.5. The van der Waals surface area contributed by atoms with Crippen molar-refractivity contribution >= 4 is 11.6 Å². The number of hydrogen-bond donors (Lipinski definition) is 1. The summed E-state index contributed by atoms with van der Waals surface area (Å²) in [6.45, 7) is 5.20. The van der Waals surface area contributed by atoms with Gasteiger partial charge in [-0.15, -0.1) is 0 Å². The zero-order chi connectivity index (χ0) is 19.1. The minimum Gasteiger partial charge on any atom is -0.373 e. The van der Waals surface area contributed by atoms with Crippen LogP contribution in [0, 0.1) is 11.3 Å². The molecule has 1 heterocycles. The monoisotopic (exact) mass is 360 g/mol. The van der Waals surface area contributed by atoms with Gasteiger partial charge in [0.15, 0.2) is 0 Å². The Morgan fingerprint density at radius 1 is 1.04 bits per heavy atom. The molecule has 138 valence electrons. The van der Waals surface area contributed by atoms with Gasteiger partial charge >= 0.3 is 0 Å².